The van der Waals surface area contributed by atoms with Crippen LogP contribution in [0.3, 0.4) is 0 Å². The van der Waals surface area contributed by atoms with Gasteiger partial charge in [-0.1, -0.05) is 52.4 Å². The molecule has 4 nitrogen and oxygen atoms in total. The molecule has 26 heavy (non-hydrogen) atoms. The summed E-state index contributed by atoms with van der Waals surface area (Å²) in [6.07, 6.45) is 9.67. The SMILES string of the molecule is CCCCCCC(=O)Nc1cc(C)c(C)cc1NC(=O)CCCCCC. The Labute approximate surface area is 159 Å². The van der Waals surface area contributed by atoms with Gasteiger partial charge in [0.2, 0.25) is 11.8 Å². The number of carbonyl (C=O) groups is 2. The smallest absolute Gasteiger partial charge is 0.224 e. The van der Waals surface area contributed by atoms with Crippen molar-refractivity contribution in [1.29, 1.82) is 0 Å². The van der Waals surface area contributed by atoms with Gasteiger partial charge in [-0.2, -0.15) is 0 Å². The molecule has 2 N–H and O–H groups in total. The topological polar surface area (TPSA) is 58.2 Å². The standard InChI is InChI=1S/C22H36N2O2/c1-5-7-9-11-13-21(25)23-19-15-17(3)18(4)16-20(19)24-22(26)14-12-10-8-6-2/h15-16H,5-14H2,1-4H3,(H,23,25)(H,24,26). The molecule has 0 radical (unpaired) electrons. The van der Waals surface area contributed by atoms with E-state index in [9.17, 15) is 9.59 Å². The second-order valence-electron chi connectivity index (χ2n) is 7.20. The van der Waals surface area contributed by atoms with Crippen LogP contribution in [0.25, 0.3) is 0 Å². The lowest BCUT2D eigenvalue weighted by Crippen LogP contribution is -2.16. The van der Waals surface area contributed by atoms with Crippen LogP contribution in [0.4, 0.5) is 11.4 Å². The van der Waals surface area contributed by atoms with Crippen molar-refractivity contribution in [1.82, 2.24) is 0 Å². The Morgan fingerprint density at radius 3 is 1.42 bits per heavy atom. The van der Waals surface area contributed by atoms with Crippen LogP contribution in [0.2, 0.25) is 0 Å². The van der Waals surface area contributed by atoms with Gasteiger partial charge in [-0.05, 0) is 49.9 Å². The van der Waals surface area contributed by atoms with E-state index in [4.69, 9.17) is 0 Å². The van der Waals surface area contributed by atoms with Gasteiger partial charge in [0.15, 0.2) is 0 Å². The second kappa shape index (κ2) is 12.5. The molecule has 2 amide bonds. The molecule has 0 saturated carbocycles. The van der Waals surface area contributed by atoms with Gasteiger partial charge in [-0.25, -0.2) is 0 Å². The van der Waals surface area contributed by atoms with Gasteiger partial charge in [0.05, 0.1) is 11.4 Å². The van der Waals surface area contributed by atoms with E-state index >= 15 is 0 Å². The minimum atomic E-state index is 0.0165. The Bertz CT molecular complexity index is 531. The lowest BCUT2D eigenvalue weighted by Gasteiger charge is -2.15. The Kier molecular flexibility index (Phi) is 10.7. The molecule has 0 bridgehead atoms. The first-order chi connectivity index (χ1) is 12.5. The van der Waals surface area contributed by atoms with E-state index in [1.165, 1.54) is 0 Å². The monoisotopic (exact) mass is 360 g/mol. The number of aryl methyl sites for hydroxylation is 2. The molecule has 0 aliphatic rings. The maximum Gasteiger partial charge on any atom is 0.224 e. The summed E-state index contributed by atoms with van der Waals surface area (Å²) in [5.74, 6) is 0.0330. The van der Waals surface area contributed by atoms with E-state index in [2.05, 4.69) is 24.5 Å². The van der Waals surface area contributed by atoms with Crippen molar-refractivity contribution < 1.29 is 9.59 Å². The summed E-state index contributed by atoms with van der Waals surface area (Å²) in [5, 5.41) is 5.97. The highest BCUT2D eigenvalue weighted by Gasteiger charge is 2.12. The summed E-state index contributed by atoms with van der Waals surface area (Å²) in [4.78, 5) is 24.5. The van der Waals surface area contributed by atoms with E-state index < -0.39 is 0 Å². The predicted molar refractivity (Wildman–Crippen MR) is 111 cm³/mol. The van der Waals surface area contributed by atoms with Crippen LogP contribution in [0.15, 0.2) is 12.1 Å². The molecule has 0 aliphatic carbocycles. The van der Waals surface area contributed by atoms with Crippen molar-refractivity contribution >= 4 is 23.2 Å². The minimum Gasteiger partial charge on any atom is -0.324 e. The molecule has 0 atom stereocenters. The summed E-state index contributed by atoms with van der Waals surface area (Å²) in [7, 11) is 0. The molecular formula is C22H36N2O2. The minimum absolute atomic E-state index is 0.0165. The number of nitrogens with one attached hydrogen (secondary N) is 2. The average molecular weight is 361 g/mol. The summed E-state index contributed by atoms with van der Waals surface area (Å²) in [6, 6.07) is 3.90. The number of unbranched alkanes of at least 4 members (excludes halogenated alkanes) is 6. The number of carbonyl (C=O) groups excluding carboxylic acids is 2. The molecule has 4 heteroatoms. The Morgan fingerprint density at radius 1 is 0.692 bits per heavy atom. The number of anilines is 2. The first-order valence-corrected chi connectivity index (χ1v) is 10.2. The number of rotatable bonds is 12. The summed E-state index contributed by atoms with van der Waals surface area (Å²) in [5.41, 5.74) is 3.62. The van der Waals surface area contributed by atoms with Crippen molar-refractivity contribution in [3.05, 3.63) is 23.3 Å². The van der Waals surface area contributed by atoms with E-state index in [-0.39, 0.29) is 11.8 Å². The van der Waals surface area contributed by atoms with Gasteiger partial charge < -0.3 is 10.6 Å². The zero-order valence-electron chi connectivity index (χ0n) is 17.0. The lowest BCUT2D eigenvalue weighted by molar-refractivity contribution is -0.117. The van der Waals surface area contributed by atoms with Crippen LogP contribution in [-0.2, 0) is 9.59 Å². The molecular weight excluding hydrogens is 324 g/mol. The third-order valence-electron chi connectivity index (χ3n) is 4.70. The molecule has 1 rings (SSSR count). The highest BCUT2D eigenvalue weighted by atomic mass is 16.2. The van der Waals surface area contributed by atoms with Gasteiger partial charge in [-0.3, -0.25) is 9.59 Å². The average Bonchev–Trinajstić information content (AvgIpc) is 2.60. The summed E-state index contributed by atoms with van der Waals surface area (Å²) >= 11 is 0. The Hall–Kier alpha value is -1.84. The molecule has 0 aliphatic heterocycles. The van der Waals surface area contributed by atoms with Crippen molar-refractivity contribution in [3.8, 4) is 0 Å². The van der Waals surface area contributed by atoms with Gasteiger partial charge >= 0.3 is 0 Å². The van der Waals surface area contributed by atoms with Crippen molar-refractivity contribution in [2.75, 3.05) is 10.6 Å². The Balaban J connectivity index is 2.67. The molecule has 0 fully saturated rings. The molecule has 1 aromatic carbocycles. The predicted octanol–water partition coefficient (Wildman–Crippen LogP) is 6.12. The second-order valence-corrected chi connectivity index (χ2v) is 7.20. The van der Waals surface area contributed by atoms with Gasteiger partial charge in [0, 0.05) is 12.8 Å². The van der Waals surface area contributed by atoms with Crippen LogP contribution in [0.5, 0.6) is 0 Å². The van der Waals surface area contributed by atoms with Crippen molar-refractivity contribution in [2.24, 2.45) is 0 Å². The maximum absolute atomic E-state index is 12.2. The third-order valence-corrected chi connectivity index (χ3v) is 4.70. The zero-order chi connectivity index (χ0) is 19.4. The maximum atomic E-state index is 12.2. The van der Waals surface area contributed by atoms with Gasteiger partial charge in [0.25, 0.3) is 0 Å². The largest absolute Gasteiger partial charge is 0.324 e. The Morgan fingerprint density at radius 2 is 1.08 bits per heavy atom. The van der Waals surface area contributed by atoms with Crippen LogP contribution in [0, 0.1) is 13.8 Å². The van der Waals surface area contributed by atoms with Crippen LogP contribution >= 0.6 is 0 Å². The van der Waals surface area contributed by atoms with Gasteiger partial charge in [-0.15, -0.1) is 0 Å². The van der Waals surface area contributed by atoms with Crippen LogP contribution < -0.4 is 10.6 Å². The fourth-order valence-corrected chi connectivity index (χ4v) is 2.87. The van der Waals surface area contributed by atoms with Gasteiger partial charge in [0.1, 0.15) is 0 Å². The molecule has 0 spiro atoms. The summed E-state index contributed by atoms with van der Waals surface area (Å²) in [6.45, 7) is 8.35. The number of hydrogen-bond acceptors (Lipinski definition) is 2. The number of amides is 2. The molecule has 0 aromatic heterocycles. The van der Waals surface area contributed by atoms with Crippen molar-refractivity contribution in [3.63, 3.8) is 0 Å². The normalized spacial score (nSPS) is 10.6. The number of benzene rings is 1. The van der Waals surface area contributed by atoms with Crippen LogP contribution in [-0.4, -0.2) is 11.8 Å². The van der Waals surface area contributed by atoms with E-state index in [0.717, 1.165) is 62.5 Å². The van der Waals surface area contributed by atoms with E-state index in [0.29, 0.717) is 24.2 Å². The molecule has 146 valence electrons. The number of hydrogen-bond donors (Lipinski definition) is 2. The highest BCUT2D eigenvalue weighted by Crippen LogP contribution is 2.27. The first kappa shape index (κ1) is 22.2. The quantitative estimate of drug-likeness (QED) is 0.441. The van der Waals surface area contributed by atoms with Crippen molar-refractivity contribution in [2.45, 2.75) is 91.9 Å². The molecule has 1 aromatic rings. The molecule has 0 heterocycles. The fourth-order valence-electron chi connectivity index (χ4n) is 2.87. The molecule has 0 saturated heterocycles. The lowest BCUT2D eigenvalue weighted by atomic mass is 10.1. The zero-order valence-corrected chi connectivity index (χ0v) is 17.0. The van der Waals surface area contributed by atoms with E-state index in [1.54, 1.807) is 0 Å². The van der Waals surface area contributed by atoms with Crippen LogP contribution in [0.1, 0.15) is 89.2 Å². The first-order valence-electron chi connectivity index (χ1n) is 10.2. The summed E-state index contributed by atoms with van der Waals surface area (Å²) < 4.78 is 0. The third kappa shape index (κ3) is 8.50. The van der Waals surface area contributed by atoms with E-state index in [1.807, 2.05) is 26.0 Å². The highest BCUT2D eigenvalue weighted by molar-refractivity contribution is 5.99. The fraction of sp³-hybridized carbons (Fsp3) is 0.636. The molecule has 0 unspecified atom stereocenters.